The van der Waals surface area contributed by atoms with Gasteiger partial charge in [-0.2, -0.15) is 5.10 Å². The van der Waals surface area contributed by atoms with Crippen LogP contribution in [0.2, 0.25) is 0 Å². The molecule has 1 N–H and O–H groups in total. The van der Waals surface area contributed by atoms with Crippen LogP contribution in [0.15, 0.2) is 16.9 Å². The Balaban J connectivity index is 1.41. The third-order valence-corrected chi connectivity index (χ3v) is 7.45. The average Bonchev–Trinajstić information content (AvgIpc) is 3.25. The van der Waals surface area contributed by atoms with Crippen LogP contribution in [0.4, 0.5) is 0 Å². The molecule has 8 heteroatoms. The van der Waals surface area contributed by atoms with Crippen LogP contribution in [-0.2, 0) is 17.8 Å². The molecule has 2 atom stereocenters. The number of hydrogen-bond acceptors (Lipinski definition) is 5. The highest BCUT2D eigenvalue weighted by Crippen LogP contribution is 2.28. The fraction of sp³-hybridized carbons (Fsp3) is 0.609. The third kappa shape index (κ3) is 4.41. The zero-order valence-electron chi connectivity index (χ0n) is 19.0. The van der Waals surface area contributed by atoms with E-state index in [-0.39, 0.29) is 18.0 Å². The smallest absolute Gasteiger partial charge is 0.291 e. The zero-order chi connectivity index (χ0) is 22.1. The summed E-state index contributed by atoms with van der Waals surface area (Å²) in [5.41, 5.74) is 1.40. The number of carbonyl (C=O) groups excluding carboxylic acids is 1. The van der Waals surface area contributed by atoms with Crippen LogP contribution >= 0.6 is 11.3 Å². The van der Waals surface area contributed by atoms with Crippen molar-refractivity contribution in [2.75, 3.05) is 13.1 Å². The van der Waals surface area contributed by atoms with E-state index in [0.29, 0.717) is 30.6 Å². The molecule has 3 aromatic heterocycles. The highest BCUT2D eigenvalue weighted by Gasteiger charge is 2.24. The summed E-state index contributed by atoms with van der Waals surface area (Å²) in [6, 6.07) is 5.24. The van der Waals surface area contributed by atoms with E-state index in [4.69, 9.17) is 0 Å². The topological polar surface area (TPSA) is 71.6 Å². The van der Waals surface area contributed by atoms with Gasteiger partial charge in [-0.15, -0.1) is 11.3 Å². The first-order chi connectivity index (χ1) is 14.9. The number of hydrogen-bond donors (Lipinski definition) is 1. The molecule has 4 rings (SSSR count). The van der Waals surface area contributed by atoms with Crippen LogP contribution in [0.5, 0.6) is 0 Å². The Kier molecular flexibility index (Phi) is 6.48. The van der Waals surface area contributed by atoms with E-state index in [0.717, 1.165) is 29.0 Å². The van der Waals surface area contributed by atoms with Gasteiger partial charge in [0.05, 0.1) is 10.2 Å². The Morgan fingerprint density at radius 2 is 1.97 bits per heavy atom. The van der Waals surface area contributed by atoms with Gasteiger partial charge in [0.2, 0.25) is 5.91 Å². The lowest BCUT2D eigenvalue weighted by molar-refractivity contribution is -0.121. The third-order valence-electron chi connectivity index (χ3n) is 6.46. The van der Waals surface area contributed by atoms with Gasteiger partial charge in [-0.3, -0.25) is 18.9 Å². The molecule has 0 radical (unpaired) electrons. The Hall–Kier alpha value is -2.19. The molecule has 1 amide bonds. The number of aromatic nitrogens is 3. The summed E-state index contributed by atoms with van der Waals surface area (Å²) >= 11 is 1.67. The standard InChI is InChI=1S/C23H33N5O2S/c1-5-21-25-27(23(30)19-13-20-18(28(19)21)12-17(4)31-20)14-22(29)24-10-7-11-26-15(2)8-6-9-16(26)3/h12-13,15-16H,5-11,14H2,1-4H3,(H,24,29). The van der Waals surface area contributed by atoms with Crippen LogP contribution in [0.1, 0.15) is 57.2 Å². The van der Waals surface area contributed by atoms with Crippen LogP contribution < -0.4 is 10.9 Å². The van der Waals surface area contributed by atoms with E-state index in [1.165, 1.54) is 28.8 Å². The number of nitrogens with zero attached hydrogens (tertiary/aromatic N) is 4. The minimum absolute atomic E-state index is 0.0449. The zero-order valence-corrected chi connectivity index (χ0v) is 19.8. The van der Waals surface area contributed by atoms with Crippen molar-refractivity contribution in [1.82, 2.24) is 24.4 Å². The number of rotatable bonds is 7. The second-order valence-electron chi connectivity index (χ2n) is 8.77. The maximum atomic E-state index is 13.0. The van der Waals surface area contributed by atoms with Crippen molar-refractivity contribution in [2.24, 2.45) is 0 Å². The normalized spacial score (nSPS) is 20.0. The van der Waals surface area contributed by atoms with Gasteiger partial charge in [-0.05, 0) is 52.2 Å². The van der Waals surface area contributed by atoms with Crippen molar-refractivity contribution in [3.63, 3.8) is 0 Å². The number of aryl methyl sites for hydroxylation is 2. The van der Waals surface area contributed by atoms with Crippen LogP contribution in [0.3, 0.4) is 0 Å². The molecule has 7 nitrogen and oxygen atoms in total. The van der Waals surface area contributed by atoms with E-state index in [1.807, 2.05) is 17.4 Å². The maximum absolute atomic E-state index is 13.0. The van der Waals surface area contributed by atoms with Crippen molar-refractivity contribution < 1.29 is 4.79 Å². The van der Waals surface area contributed by atoms with Gasteiger partial charge in [0.15, 0.2) is 0 Å². The summed E-state index contributed by atoms with van der Waals surface area (Å²) in [5, 5.41) is 7.49. The van der Waals surface area contributed by atoms with Crippen molar-refractivity contribution in [3.8, 4) is 0 Å². The lowest BCUT2D eigenvalue weighted by Gasteiger charge is -2.39. The molecule has 1 saturated heterocycles. The van der Waals surface area contributed by atoms with Crippen LogP contribution in [0.25, 0.3) is 15.7 Å². The molecule has 1 aliphatic rings. The molecule has 31 heavy (non-hydrogen) atoms. The quantitative estimate of drug-likeness (QED) is 0.569. The summed E-state index contributed by atoms with van der Waals surface area (Å²) < 4.78 is 4.33. The largest absolute Gasteiger partial charge is 0.354 e. The van der Waals surface area contributed by atoms with Gasteiger partial charge in [0.25, 0.3) is 5.56 Å². The number of nitrogens with one attached hydrogen (secondary N) is 1. The molecule has 0 saturated carbocycles. The second kappa shape index (κ2) is 9.12. The molecule has 0 bridgehead atoms. The number of piperidine rings is 1. The number of likely N-dealkylation sites (tertiary alicyclic amines) is 1. The summed E-state index contributed by atoms with van der Waals surface area (Å²) in [6.45, 7) is 10.2. The minimum Gasteiger partial charge on any atom is -0.354 e. The van der Waals surface area contributed by atoms with Gasteiger partial charge in [-0.1, -0.05) is 13.3 Å². The van der Waals surface area contributed by atoms with E-state index < -0.39 is 0 Å². The van der Waals surface area contributed by atoms with Gasteiger partial charge in [0, 0.05) is 36.5 Å². The molecule has 3 aromatic rings. The fourth-order valence-electron chi connectivity index (χ4n) is 4.85. The molecule has 0 spiro atoms. The molecule has 0 aromatic carbocycles. The molecular formula is C23H33N5O2S. The SMILES string of the molecule is CCc1nn(CC(=O)NCCCN2C(C)CCCC2C)c(=O)c2cc3sc(C)cc3n12. The Bertz CT molecular complexity index is 1130. The molecule has 1 fully saturated rings. The number of thiophene rings is 1. The van der Waals surface area contributed by atoms with E-state index in [2.05, 4.69) is 42.2 Å². The molecule has 0 aliphatic carbocycles. The highest BCUT2D eigenvalue weighted by atomic mass is 32.1. The van der Waals surface area contributed by atoms with Gasteiger partial charge < -0.3 is 5.32 Å². The predicted molar refractivity (Wildman–Crippen MR) is 126 cm³/mol. The summed E-state index contributed by atoms with van der Waals surface area (Å²) in [4.78, 5) is 29.3. The minimum atomic E-state index is -0.218. The second-order valence-corrected chi connectivity index (χ2v) is 10.1. The summed E-state index contributed by atoms with van der Waals surface area (Å²) in [7, 11) is 0. The van der Waals surface area contributed by atoms with E-state index >= 15 is 0 Å². The lowest BCUT2D eigenvalue weighted by atomic mass is 9.97. The monoisotopic (exact) mass is 443 g/mol. The van der Waals surface area contributed by atoms with Gasteiger partial charge in [-0.25, -0.2) is 4.68 Å². The molecule has 2 unspecified atom stereocenters. The Morgan fingerprint density at radius 1 is 1.23 bits per heavy atom. The predicted octanol–water partition coefficient (Wildman–Crippen LogP) is 3.35. The molecule has 1 aliphatic heterocycles. The summed E-state index contributed by atoms with van der Waals surface area (Å²) in [6.07, 6.45) is 5.41. The van der Waals surface area contributed by atoms with Crippen LogP contribution in [0, 0.1) is 6.92 Å². The Labute approximate surface area is 187 Å². The van der Waals surface area contributed by atoms with Crippen molar-refractivity contribution >= 4 is 33.0 Å². The fourth-order valence-corrected chi connectivity index (χ4v) is 5.79. The molecule has 4 heterocycles. The van der Waals surface area contributed by atoms with Crippen molar-refractivity contribution in [2.45, 2.75) is 78.4 Å². The number of amides is 1. The number of fused-ring (bicyclic) bond motifs is 3. The first-order valence-corrected chi connectivity index (χ1v) is 12.2. The van der Waals surface area contributed by atoms with Crippen LogP contribution in [-0.4, -0.2) is 50.2 Å². The van der Waals surface area contributed by atoms with Crippen molar-refractivity contribution in [3.05, 3.63) is 33.2 Å². The van der Waals surface area contributed by atoms with Gasteiger partial charge >= 0.3 is 0 Å². The van der Waals surface area contributed by atoms with Gasteiger partial charge in [0.1, 0.15) is 17.9 Å². The van der Waals surface area contributed by atoms with E-state index in [1.54, 1.807) is 11.3 Å². The average molecular weight is 444 g/mol. The van der Waals surface area contributed by atoms with E-state index in [9.17, 15) is 9.59 Å². The first kappa shape index (κ1) is 22.0. The maximum Gasteiger partial charge on any atom is 0.291 e. The molecule has 168 valence electrons. The molecular weight excluding hydrogens is 410 g/mol. The summed E-state index contributed by atoms with van der Waals surface area (Å²) in [5.74, 6) is 0.633. The highest BCUT2D eigenvalue weighted by molar-refractivity contribution is 7.19. The Morgan fingerprint density at radius 3 is 2.68 bits per heavy atom. The first-order valence-electron chi connectivity index (χ1n) is 11.4. The number of carbonyl (C=O) groups is 1. The van der Waals surface area contributed by atoms with Crippen molar-refractivity contribution in [1.29, 1.82) is 0 Å². The lowest BCUT2D eigenvalue weighted by Crippen LogP contribution is -2.45.